The molecule has 0 radical (unpaired) electrons. The van der Waals surface area contributed by atoms with Crippen LogP contribution in [0.2, 0.25) is 0 Å². The fourth-order valence-corrected chi connectivity index (χ4v) is 7.80. The Balaban J connectivity index is 1.40. The maximum atomic E-state index is 12.1. The van der Waals surface area contributed by atoms with Crippen molar-refractivity contribution in [3.63, 3.8) is 0 Å². The first-order valence-electron chi connectivity index (χ1n) is 10.1. The molecule has 7 aliphatic rings. The summed E-state index contributed by atoms with van der Waals surface area (Å²) in [6, 6.07) is 0. The number of aliphatic hydroxyl groups excluding tert-OH is 2. The first kappa shape index (κ1) is 15.9. The van der Waals surface area contributed by atoms with Crippen LogP contribution < -0.4 is 0 Å². The predicted molar refractivity (Wildman–Crippen MR) is 88.5 cm³/mol. The average molecular weight is 376 g/mol. The summed E-state index contributed by atoms with van der Waals surface area (Å²) in [6.07, 6.45) is -0.861. The van der Waals surface area contributed by atoms with Crippen molar-refractivity contribution in [3.8, 4) is 0 Å². The number of ether oxygens (including phenoxy) is 4. The third-order valence-electron chi connectivity index (χ3n) is 9.09. The van der Waals surface area contributed by atoms with Gasteiger partial charge in [0.2, 0.25) is 0 Å². The molecule has 2 spiro atoms. The Labute approximate surface area is 156 Å². The number of cyclic esters (lactones) is 1. The van der Waals surface area contributed by atoms with Gasteiger partial charge >= 0.3 is 5.97 Å². The number of hydrogen-bond donors (Lipinski definition) is 2. The van der Waals surface area contributed by atoms with E-state index < -0.39 is 40.4 Å². The zero-order chi connectivity index (χ0) is 18.7. The van der Waals surface area contributed by atoms with Crippen LogP contribution in [0.25, 0.3) is 0 Å². The van der Waals surface area contributed by atoms with Gasteiger partial charge in [-0.15, -0.1) is 0 Å². The number of fused-ring (bicyclic) bond motifs is 4. The van der Waals surface area contributed by atoms with Crippen molar-refractivity contribution < 1.29 is 34.0 Å². The number of carbonyl (C=O) groups excluding carboxylic acids is 1. The van der Waals surface area contributed by atoms with Gasteiger partial charge in [-0.3, -0.25) is 0 Å². The van der Waals surface area contributed by atoms with Gasteiger partial charge in [0.05, 0.1) is 17.8 Å². The summed E-state index contributed by atoms with van der Waals surface area (Å²) < 4.78 is 24.1. The molecule has 0 bridgehead atoms. The van der Waals surface area contributed by atoms with E-state index >= 15 is 0 Å². The third-order valence-corrected chi connectivity index (χ3v) is 9.09. The Bertz CT molecular complexity index is 851. The van der Waals surface area contributed by atoms with Crippen molar-refractivity contribution >= 4 is 5.97 Å². The van der Waals surface area contributed by atoms with E-state index in [1.807, 2.05) is 0 Å². The number of rotatable bonds is 1. The van der Waals surface area contributed by atoms with E-state index in [4.69, 9.17) is 18.9 Å². The molecule has 7 nitrogen and oxygen atoms in total. The van der Waals surface area contributed by atoms with E-state index in [-0.39, 0.29) is 36.8 Å². The van der Waals surface area contributed by atoms with Crippen LogP contribution in [-0.2, 0) is 23.7 Å². The first-order valence-corrected chi connectivity index (χ1v) is 10.1. The smallest absolute Gasteiger partial charge is 0.337 e. The minimum atomic E-state index is -0.864. The number of esters is 1. The molecule has 7 heteroatoms. The van der Waals surface area contributed by atoms with E-state index in [1.54, 1.807) is 0 Å². The van der Waals surface area contributed by atoms with E-state index in [0.717, 1.165) is 5.57 Å². The fraction of sp³-hybridized carbons (Fsp3) is 0.850. The predicted octanol–water partition coefficient (Wildman–Crippen LogP) is 0.0739. The second-order valence-corrected chi connectivity index (χ2v) is 10.1. The first-order chi connectivity index (χ1) is 12.8. The van der Waals surface area contributed by atoms with E-state index in [0.29, 0.717) is 18.4 Å². The summed E-state index contributed by atoms with van der Waals surface area (Å²) >= 11 is 0. The number of aliphatic hydroxyl groups is 2. The van der Waals surface area contributed by atoms with Gasteiger partial charge in [0.25, 0.3) is 0 Å². The lowest BCUT2D eigenvalue weighted by Gasteiger charge is -2.54. The van der Waals surface area contributed by atoms with E-state index in [2.05, 4.69) is 20.8 Å². The molecule has 4 aliphatic heterocycles. The minimum Gasteiger partial charge on any atom is -0.458 e. The van der Waals surface area contributed by atoms with Gasteiger partial charge in [0, 0.05) is 5.41 Å². The zero-order valence-electron chi connectivity index (χ0n) is 15.6. The van der Waals surface area contributed by atoms with Gasteiger partial charge in [0.1, 0.15) is 36.1 Å². The molecule has 0 aromatic rings. The molecule has 0 amide bonds. The van der Waals surface area contributed by atoms with Crippen LogP contribution in [-0.4, -0.2) is 70.1 Å². The monoisotopic (exact) mass is 376 g/mol. The lowest BCUT2D eigenvalue weighted by atomic mass is 9.46. The second-order valence-electron chi connectivity index (χ2n) is 10.1. The second kappa shape index (κ2) is 4.00. The van der Waals surface area contributed by atoms with E-state index in [1.165, 1.54) is 0 Å². The molecule has 146 valence electrons. The highest BCUT2D eigenvalue weighted by Gasteiger charge is 3.00. The van der Waals surface area contributed by atoms with Crippen molar-refractivity contribution in [2.45, 2.75) is 80.9 Å². The summed E-state index contributed by atoms with van der Waals surface area (Å²) in [5.74, 6) is -0.186. The van der Waals surface area contributed by atoms with Gasteiger partial charge in [-0.1, -0.05) is 20.8 Å². The molecular weight excluding hydrogens is 352 g/mol. The molecule has 0 unspecified atom stereocenters. The summed E-state index contributed by atoms with van der Waals surface area (Å²) in [5, 5.41) is 22.3. The molecule has 27 heavy (non-hydrogen) atoms. The Hall–Kier alpha value is -0.990. The Kier molecular flexibility index (Phi) is 2.35. The SMILES string of the molecule is CC(C)[C@]12O[C@H]1[C@@H]1O[C@]13[C@]1(O[C@H]1C[C@H]1C4=C(C(=O)OC4)[C@H](O)C[C@]13C)[C@H]2O. The third kappa shape index (κ3) is 1.27. The van der Waals surface area contributed by atoms with Gasteiger partial charge < -0.3 is 29.2 Å². The van der Waals surface area contributed by atoms with Crippen molar-refractivity contribution in [3.05, 3.63) is 11.1 Å². The molecule has 2 saturated carbocycles. The van der Waals surface area contributed by atoms with Crippen LogP contribution in [0.15, 0.2) is 11.1 Å². The molecule has 2 N–H and O–H groups in total. The van der Waals surface area contributed by atoms with Gasteiger partial charge in [-0.2, -0.15) is 0 Å². The maximum Gasteiger partial charge on any atom is 0.337 e. The quantitative estimate of drug-likeness (QED) is 0.493. The Morgan fingerprint density at radius 3 is 2.67 bits per heavy atom. The highest BCUT2D eigenvalue weighted by atomic mass is 16.7. The Morgan fingerprint density at radius 2 is 1.93 bits per heavy atom. The fourth-order valence-electron chi connectivity index (χ4n) is 7.80. The zero-order valence-corrected chi connectivity index (χ0v) is 15.6. The lowest BCUT2D eigenvalue weighted by molar-refractivity contribution is -0.137. The van der Waals surface area contributed by atoms with Crippen molar-refractivity contribution in [1.82, 2.24) is 0 Å². The van der Waals surface area contributed by atoms with E-state index in [9.17, 15) is 15.0 Å². The van der Waals surface area contributed by atoms with Crippen LogP contribution in [0.4, 0.5) is 0 Å². The number of epoxide rings is 3. The molecule has 0 aromatic heterocycles. The molecule has 0 aromatic carbocycles. The van der Waals surface area contributed by atoms with Crippen LogP contribution in [0.3, 0.4) is 0 Å². The average Bonchev–Trinajstić information content (AvgIpc) is 3.48. The number of carbonyl (C=O) groups is 1. The standard InChI is InChI=1S/C20H24O7/c1-7(2)18-13(26-18)14-20(27-14)17(3)5-10(21)12-8(6-24-15(12)22)9(17)4-11-19(20,25-11)16(18)23/h7,9-11,13-14,16,21,23H,4-6H2,1-3H3/t9-,10+,11-,13-,14-,16-,17+,18-,19+,20+/m0/s1. The molecule has 10 atom stereocenters. The highest BCUT2D eigenvalue weighted by Crippen LogP contribution is 2.82. The molecule has 7 rings (SSSR count). The molecule has 3 aliphatic carbocycles. The largest absolute Gasteiger partial charge is 0.458 e. The topological polar surface area (TPSA) is 104 Å². The molecule has 3 saturated heterocycles. The maximum absolute atomic E-state index is 12.1. The van der Waals surface area contributed by atoms with Crippen LogP contribution >= 0.6 is 0 Å². The highest BCUT2D eigenvalue weighted by molar-refractivity contribution is 5.93. The normalized spacial score (nSPS) is 64.0. The van der Waals surface area contributed by atoms with Crippen LogP contribution in [0, 0.1) is 17.3 Å². The van der Waals surface area contributed by atoms with Gasteiger partial charge in [-0.25, -0.2) is 4.79 Å². The molecule has 4 heterocycles. The summed E-state index contributed by atoms with van der Waals surface area (Å²) in [5.41, 5.74) is -1.12. The lowest BCUT2D eigenvalue weighted by Crippen LogP contribution is -2.69. The van der Waals surface area contributed by atoms with Crippen LogP contribution in [0.1, 0.15) is 33.6 Å². The van der Waals surface area contributed by atoms with Crippen LogP contribution in [0.5, 0.6) is 0 Å². The van der Waals surface area contributed by atoms with Crippen molar-refractivity contribution in [2.24, 2.45) is 17.3 Å². The molecular formula is C20H24O7. The van der Waals surface area contributed by atoms with Gasteiger partial charge in [-0.05, 0) is 30.3 Å². The van der Waals surface area contributed by atoms with Crippen molar-refractivity contribution in [1.29, 1.82) is 0 Å². The summed E-state index contributed by atoms with van der Waals surface area (Å²) in [4.78, 5) is 12.1. The molecule has 5 fully saturated rings. The number of hydrogen-bond acceptors (Lipinski definition) is 7. The Morgan fingerprint density at radius 1 is 1.15 bits per heavy atom. The minimum absolute atomic E-state index is 0.0467. The summed E-state index contributed by atoms with van der Waals surface area (Å²) in [7, 11) is 0. The van der Waals surface area contributed by atoms with Crippen molar-refractivity contribution in [2.75, 3.05) is 6.61 Å². The van der Waals surface area contributed by atoms with Gasteiger partial charge in [0.15, 0.2) is 5.60 Å². The summed E-state index contributed by atoms with van der Waals surface area (Å²) in [6.45, 7) is 6.51.